The molecule has 0 fully saturated rings. The highest BCUT2D eigenvalue weighted by Gasteiger charge is 2.13. The van der Waals surface area contributed by atoms with E-state index in [1.54, 1.807) is 0 Å². The third-order valence-corrected chi connectivity index (χ3v) is 2.24. The Labute approximate surface area is 109 Å². The molecule has 0 aliphatic carbocycles. The third-order valence-electron chi connectivity index (χ3n) is 2.24. The van der Waals surface area contributed by atoms with Gasteiger partial charge in [-0.05, 0) is 25.7 Å². The van der Waals surface area contributed by atoms with Crippen LogP contribution in [0.2, 0.25) is 0 Å². The first-order chi connectivity index (χ1) is 8.65. The summed E-state index contributed by atoms with van der Waals surface area (Å²) in [6.07, 6.45) is 5.18. The molecule has 0 amide bonds. The predicted molar refractivity (Wildman–Crippen MR) is 70.1 cm³/mol. The van der Waals surface area contributed by atoms with Crippen molar-refractivity contribution in [2.24, 2.45) is 0 Å². The molecule has 0 saturated heterocycles. The maximum absolute atomic E-state index is 11.7. The fourth-order valence-electron chi connectivity index (χ4n) is 1.27. The molecule has 0 aromatic rings. The van der Waals surface area contributed by atoms with Gasteiger partial charge >= 0.3 is 11.9 Å². The highest BCUT2D eigenvalue weighted by atomic mass is 16.5. The van der Waals surface area contributed by atoms with Gasteiger partial charge in [-0.15, -0.1) is 0 Å². The first-order valence-corrected chi connectivity index (χ1v) is 6.70. The lowest BCUT2D eigenvalue weighted by Crippen LogP contribution is -2.12. The second-order valence-corrected chi connectivity index (χ2v) is 4.08. The largest absolute Gasteiger partial charge is 0.463 e. The van der Waals surface area contributed by atoms with Crippen molar-refractivity contribution in [1.82, 2.24) is 0 Å². The van der Waals surface area contributed by atoms with E-state index in [9.17, 15) is 9.59 Å². The van der Waals surface area contributed by atoms with E-state index in [0.29, 0.717) is 25.2 Å². The second-order valence-electron chi connectivity index (χ2n) is 4.08. The van der Waals surface area contributed by atoms with Crippen molar-refractivity contribution in [3.63, 3.8) is 0 Å². The van der Waals surface area contributed by atoms with Crippen LogP contribution in [0.4, 0.5) is 0 Å². The SMILES string of the molecule is CCCCC(=CC(=O)OCCC)C(=O)OCCC. The summed E-state index contributed by atoms with van der Waals surface area (Å²) in [7, 11) is 0. The fraction of sp³-hybridized carbons (Fsp3) is 0.714. The average Bonchev–Trinajstić information content (AvgIpc) is 2.38. The molecule has 0 aliphatic rings. The minimum absolute atomic E-state index is 0.375. The lowest BCUT2D eigenvalue weighted by Gasteiger charge is -2.07. The van der Waals surface area contributed by atoms with Gasteiger partial charge in [0.2, 0.25) is 0 Å². The first-order valence-electron chi connectivity index (χ1n) is 6.70. The summed E-state index contributed by atoms with van der Waals surface area (Å²) in [5, 5.41) is 0. The molecule has 0 N–H and O–H groups in total. The van der Waals surface area contributed by atoms with Crippen LogP contribution in [0.25, 0.3) is 0 Å². The van der Waals surface area contributed by atoms with E-state index in [0.717, 1.165) is 25.7 Å². The molecule has 0 rings (SSSR count). The summed E-state index contributed by atoms with van der Waals surface area (Å²) in [6.45, 7) is 6.64. The van der Waals surface area contributed by atoms with E-state index in [1.165, 1.54) is 6.08 Å². The van der Waals surface area contributed by atoms with Crippen LogP contribution in [0, 0.1) is 0 Å². The van der Waals surface area contributed by atoms with Crippen LogP contribution in [-0.4, -0.2) is 25.2 Å². The molecule has 0 bridgehead atoms. The minimum Gasteiger partial charge on any atom is -0.463 e. The van der Waals surface area contributed by atoms with Gasteiger partial charge in [-0.25, -0.2) is 9.59 Å². The van der Waals surface area contributed by atoms with E-state index in [4.69, 9.17) is 9.47 Å². The molecule has 0 unspecified atom stereocenters. The zero-order chi connectivity index (χ0) is 13.8. The van der Waals surface area contributed by atoms with Gasteiger partial charge in [0.15, 0.2) is 0 Å². The molecule has 4 heteroatoms. The molecule has 18 heavy (non-hydrogen) atoms. The second kappa shape index (κ2) is 10.8. The van der Waals surface area contributed by atoms with Gasteiger partial charge in [0, 0.05) is 11.6 Å². The predicted octanol–water partition coefficient (Wildman–Crippen LogP) is 3.01. The van der Waals surface area contributed by atoms with Crippen LogP contribution >= 0.6 is 0 Å². The van der Waals surface area contributed by atoms with Crippen LogP contribution in [0.15, 0.2) is 11.6 Å². The van der Waals surface area contributed by atoms with Crippen molar-refractivity contribution >= 4 is 11.9 Å². The molecular formula is C14H24O4. The normalized spacial score (nSPS) is 11.2. The summed E-state index contributed by atoms with van der Waals surface area (Å²) >= 11 is 0. The Morgan fingerprint density at radius 3 is 2.11 bits per heavy atom. The maximum Gasteiger partial charge on any atom is 0.334 e. The molecule has 0 heterocycles. The number of carbonyl (C=O) groups excluding carboxylic acids is 2. The molecule has 104 valence electrons. The fourth-order valence-corrected chi connectivity index (χ4v) is 1.27. The topological polar surface area (TPSA) is 52.6 Å². The van der Waals surface area contributed by atoms with Crippen LogP contribution in [0.3, 0.4) is 0 Å². The minimum atomic E-state index is -0.462. The number of esters is 2. The molecule has 0 saturated carbocycles. The van der Waals surface area contributed by atoms with Gasteiger partial charge < -0.3 is 9.47 Å². The third kappa shape index (κ3) is 7.87. The van der Waals surface area contributed by atoms with Crippen LogP contribution < -0.4 is 0 Å². The summed E-state index contributed by atoms with van der Waals surface area (Å²) in [5.74, 6) is -0.866. The summed E-state index contributed by atoms with van der Waals surface area (Å²) in [6, 6.07) is 0. The number of hydrogen-bond acceptors (Lipinski definition) is 4. The standard InChI is InChI=1S/C14H24O4/c1-4-7-8-12(14(16)18-10-6-3)11-13(15)17-9-5-2/h11H,4-10H2,1-3H3. The Morgan fingerprint density at radius 2 is 1.56 bits per heavy atom. The van der Waals surface area contributed by atoms with Gasteiger partial charge in [-0.3, -0.25) is 0 Å². The molecule has 0 spiro atoms. The highest BCUT2D eigenvalue weighted by Crippen LogP contribution is 2.10. The Bertz CT molecular complexity index is 282. The lowest BCUT2D eigenvalue weighted by molar-refractivity contribution is -0.141. The Morgan fingerprint density at radius 1 is 0.944 bits per heavy atom. The quantitative estimate of drug-likeness (QED) is 0.470. The summed E-state index contributed by atoms with van der Waals surface area (Å²) in [5.41, 5.74) is 0.409. The Kier molecular flexibility index (Phi) is 10.0. The number of hydrogen-bond donors (Lipinski definition) is 0. The van der Waals surface area contributed by atoms with Gasteiger partial charge in [0.1, 0.15) is 0 Å². The smallest absolute Gasteiger partial charge is 0.334 e. The number of unbranched alkanes of at least 4 members (excludes halogenated alkanes) is 1. The number of rotatable bonds is 9. The Balaban J connectivity index is 4.48. The zero-order valence-electron chi connectivity index (χ0n) is 11.7. The van der Waals surface area contributed by atoms with E-state index in [1.807, 2.05) is 20.8 Å². The zero-order valence-corrected chi connectivity index (χ0v) is 11.7. The Hall–Kier alpha value is -1.32. The van der Waals surface area contributed by atoms with Crippen molar-refractivity contribution in [2.75, 3.05) is 13.2 Å². The monoisotopic (exact) mass is 256 g/mol. The highest BCUT2D eigenvalue weighted by molar-refractivity contribution is 5.96. The molecule has 0 aliphatic heterocycles. The van der Waals surface area contributed by atoms with Gasteiger partial charge in [0.05, 0.1) is 13.2 Å². The van der Waals surface area contributed by atoms with Crippen molar-refractivity contribution in [2.45, 2.75) is 52.9 Å². The van der Waals surface area contributed by atoms with E-state index >= 15 is 0 Å². The van der Waals surface area contributed by atoms with Crippen molar-refractivity contribution in [1.29, 1.82) is 0 Å². The van der Waals surface area contributed by atoms with Crippen LogP contribution in [0.5, 0.6) is 0 Å². The lowest BCUT2D eigenvalue weighted by atomic mass is 10.1. The molecule has 0 aromatic carbocycles. The van der Waals surface area contributed by atoms with Crippen molar-refractivity contribution in [3.8, 4) is 0 Å². The van der Waals surface area contributed by atoms with Gasteiger partial charge in [-0.1, -0.05) is 27.2 Å². The van der Waals surface area contributed by atoms with E-state index in [2.05, 4.69) is 0 Å². The summed E-state index contributed by atoms with van der Waals surface area (Å²) in [4.78, 5) is 23.2. The average molecular weight is 256 g/mol. The molecule has 4 nitrogen and oxygen atoms in total. The molecule has 0 atom stereocenters. The van der Waals surface area contributed by atoms with Gasteiger partial charge in [0.25, 0.3) is 0 Å². The molecule has 0 aromatic heterocycles. The van der Waals surface area contributed by atoms with Crippen molar-refractivity contribution < 1.29 is 19.1 Å². The number of ether oxygens (including phenoxy) is 2. The first kappa shape index (κ1) is 16.7. The maximum atomic E-state index is 11.7. The summed E-state index contributed by atoms with van der Waals surface area (Å²) < 4.78 is 9.97. The van der Waals surface area contributed by atoms with E-state index in [-0.39, 0.29) is 0 Å². The van der Waals surface area contributed by atoms with Crippen LogP contribution in [0.1, 0.15) is 52.9 Å². The van der Waals surface area contributed by atoms with Gasteiger partial charge in [-0.2, -0.15) is 0 Å². The van der Waals surface area contributed by atoms with Crippen molar-refractivity contribution in [3.05, 3.63) is 11.6 Å². The molecule has 0 radical (unpaired) electrons. The number of carbonyl (C=O) groups is 2. The van der Waals surface area contributed by atoms with E-state index < -0.39 is 11.9 Å². The van der Waals surface area contributed by atoms with Crippen LogP contribution in [-0.2, 0) is 19.1 Å². The molecular weight excluding hydrogens is 232 g/mol.